The third-order valence-corrected chi connectivity index (χ3v) is 5.24. The largest absolute Gasteiger partial charge is 0.356 e. The van der Waals surface area contributed by atoms with Crippen LogP contribution in [0.1, 0.15) is 19.3 Å². The second-order valence-corrected chi connectivity index (χ2v) is 6.85. The Bertz CT molecular complexity index is 792. The quantitative estimate of drug-likeness (QED) is 0.857. The van der Waals surface area contributed by atoms with Gasteiger partial charge in [0.25, 0.3) is 0 Å². The topological polar surface area (TPSA) is 49.3 Å². The lowest BCUT2D eigenvalue weighted by molar-refractivity contribution is -0.130. The number of hydrogen-bond acceptors (Lipinski definition) is 4. The molecule has 0 spiro atoms. The Morgan fingerprint density at radius 3 is 2.72 bits per heavy atom. The average Bonchev–Trinajstić information content (AvgIpc) is 3.02. The van der Waals surface area contributed by atoms with E-state index in [-0.39, 0.29) is 23.7 Å². The number of fused-ring (bicyclic) bond motifs is 1. The second kappa shape index (κ2) is 6.54. The summed E-state index contributed by atoms with van der Waals surface area (Å²) in [6.45, 7) is 1.57. The maximum absolute atomic E-state index is 13.6. The van der Waals surface area contributed by atoms with E-state index in [1.165, 1.54) is 18.5 Å². The zero-order chi connectivity index (χ0) is 17.4. The van der Waals surface area contributed by atoms with Gasteiger partial charge in [-0.05, 0) is 31.0 Å². The van der Waals surface area contributed by atoms with Crippen LogP contribution in [0.15, 0.2) is 24.5 Å². The lowest BCUT2D eigenvalue weighted by Gasteiger charge is -2.37. The first-order valence-electron chi connectivity index (χ1n) is 8.66. The summed E-state index contributed by atoms with van der Waals surface area (Å²) >= 11 is 0. The fourth-order valence-corrected chi connectivity index (χ4v) is 3.92. The summed E-state index contributed by atoms with van der Waals surface area (Å²) in [5, 5.41) is 0.704. The van der Waals surface area contributed by atoms with Gasteiger partial charge in [0.15, 0.2) is 0 Å². The first kappa shape index (κ1) is 16.2. The van der Waals surface area contributed by atoms with E-state index in [2.05, 4.69) is 14.9 Å². The van der Waals surface area contributed by atoms with Gasteiger partial charge >= 0.3 is 0 Å². The number of carbonyl (C=O) groups is 1. The molecule has 2 aliphatic rings. The predicted molar refractivity (Wildman–Crippen MR) is 90.5 cm³/mol. The summed E-state index contributed by atoms with van der Waals surface area (Å²) in [6.07, 6.45) is 3.45. The number of piperidine rings is 1. The van der Waals surface area contributed by atoms with Crippen molar-refractivity contribution in [3.63, 3.8) is 0 Å². The van der Waals surface area contributed by atoms with E-state index in [1.807, 2.05) is 4.90 Å². The van der Waals surface area contributed by atoms with Gasteiger partial charge in [-0.1, -0.05) is 0 Å². The molecule has 1 aromatic heterocycles. The Labute approximate surface area is 144 Å². The second-order valence-electron chi connectivity index (χ2n) is 6.85. The highest BCUT2D eigenvalue weighted by Gasteiger charge is 2.36. The SMILES string of the molecule is O=C1CC(CF)CN1C1CCN(c2ncnc3ccc(F)cc23)CC1. The van der Waals surface area contributed by atoms with E-state index in [0.29, 0.717) is 23.9 Å². The van der Waals surface area contributed by atoms with Crippen molar-refractivity contribution in [1.29, 1.82) is 0 Å². The van der Waals surface area contributed by atoms with E-state index in [1.54, 1.807) is 6.07 Å². The maximum Gasteiger partial charge on any atom is 0.223 e. The third kappa shape index (κ3) is 3.03. The minimum atomic E-state index is -0.431. The molecule has 132 valence electrons. The number of amides is 1. The Morgan fingerprint density at radius 1 is 1.20 bits per heavy atom. The predicted octanol–water partition coefficient (Wildman–Crippen LogP) is 2.56. The van der Waals surface area contributed by atoms with Crippen LogP contribution >= 0.6 is 0 Å². The number of halogens is 2. The molecule has 0 saturated carbocycles. The summed E-state index contributed by atoms with van der Waals surface area (Å²) < 4.78 is 26.5. The van der Waals surface area contributed by atoms with Crippen LogP contribution in [-0.2, 0) is 4.79 Å². The van der Waals surface area contributed by atoms with Crippen LogP contribution in [0.4, 0.5) is 14.6 Å². The van der Waals surface area contributed by atoms with Crippen LogP contribution in [-0.4, -0.2) is 53.1 Å². The molecule has 2 aliphatic heterocycles. The third-order valence-electron chi connectivity index (χ3n) is 5.24. The molecule has 1 aromatic carbocycles. The summed E-state index contributed by atoms with van der Waals surface area (Å²) in [6, 6.07) is 4.67. The van der Waals surface area contributed by atoms with Gasteiger partial charge in [-0.15, -0.1) is 0 Å². The van der Waals surface area contributed by atoms with Crippen molar-refractivity contribution < 1.29 is 13.6 Å². The van der Waals surface area contributed by atoms with Crippen molar-refractivity contribution in [1.82, 2.24) is 14.9 Å². The molecule has 2 fully saturated rings. The fourth-order valence-electron chi connectivity index (χ4n) is 3.92. The van der Waals surface area contributed by atoms with Crippen LogP contribution in [0.25, 0.3) is 10.9 Å². The van der Waals surface area contributed by atoms with E-state index in [0.717, 1.165) is 31.7 Å². The summed E-state index contributed by atoms with van der Waals surface area (Å²) in [5.74, 6) is 0.339. The minimum Gasteiger partial charge on any atom is -0.356 e. The Kier molecular flexibility index (Phi) is 4.23. The van der Waals surface area contributed by atoms with Crippen LogP contribution < -0.4 is 4.90 Å². The van der Waals surface area contributed by atoms with Crippen LogP contribution in [0, 0.1) is 11.7 Å². The van der Waals surface area contributed by atoms with Crippen molar-refractivity contribution in [3.8, 4) is 0 Å². The van der Waals surface area contributed by atoms with Crippen molar-refractivity contribution in [2.45, 2.75) is 25.3 Å². The molecule has 7 heteroatoms. The standard InChI is InChI=1S/C18H20F2N4O/c19-9-12-7-17(25)24(10-12)14-3-5-23(6-4-14)18-15-8-13(20)1-2-16(15)21-11-22-18/h1-2,8,11-12,14H,3-7,9-10H2. The number of carbonyl (C=O) groups excluding carboxylic acids is 1. The monoisotopic (exact) mass is 346 g/mol. The molecule has 2 aromatic rings. The summed E-state index contributed by atoms with van der Waals surface area (Å²) in [4.78, 5) is 24.6. The molecular weight excluding hydrogens is 326 g/mol. The number of nitrogens with zero attached hydrogens (tertiary/aromatic N) is 4. The zero-order valence-electron chi connectivity index (χ0n) is 13.9. The van der Waals surface area contributed by atoms with Gasteiger partial charge in [0.05, 0.1) is 12.2 Å². The molecule has 1 atom stereocenters. The molecule has 3 heterocycles. The van der Waals surface area contributed by atoms with Gasteiger partial charge in [-0.2, -0.15) is 0 Å². The van der Waals surface area contributed by atoms with E-state index < -0.39 is 6.67 Å². The number of likely N-dealkylation sites (tertiary alicyclic amines) is 1. The molecule has 0 radical (unpaired) electrons. The minimum absolute atomic E-state index is 0.0654. The lowest BCUT2D eigenvalue weighted by atomic mass is 10.0. The van der Waals surface area contributed by atoms with Gasteiger partial charge in [-0.3, -0.25) is 9.18 Å². The first-order chi connectivity index (χ1) is 12.2. The number of rotatable bonds is 3. The van der Waals surface area contributed by atoms with Crippen molar-refractivity contribution >= 4 is 22.6 Å². The molecule has 0 bridgehead atoms. The molecule has 4 rings (SSSR count). The van der Waals surface area contributed by atoms with Crippen LogP contribution in [0.2, 0.25) is 0 Å². The number of benzene rings is 1. The van der Waals surface area contributed by atoms with Crippen molar-refractivity contribution in [2.75, 3.05) is 31.2 Å². The first-order valence-corrected chi connectivity index (χ1v) is 8.66. The molecule has 1 amide bonds. The summed E-state index contributed by atoms with van der Waals surface area (Å²) in [7, 11) is 0. The molecule has 0 N–H and O–H groups in total. The Balaban J connectivity index is 1.49. The van der Waals surface area contributed by atoms with Gasteiger partial charge in [-0.25, -0.2) is 14.4 Å². The average molecular weight is 346 g/mol. The van der Waals surface area contributed by atoms with Crippen LogP contribution in [0.3, 0.4) is 0 Å². The van der Waals surface area contributed by atoms with Crippen molar-refractivity contribution in [3.05, 3.63) is 30.3 Å². The van der Waals surface area contributed by atoms with Gasteiger partial charge in [0.1, 0.15) is 18.0 Å². The fraction of sp³-hybridized carbons (Fsp3) is 0.500. The van der Waals surface area contributed by atoms with Crippen LogP contribution in [0.5, 0.6) is 0 Å². The number of alkyl halides is 1. The smallest absolute Gasteiger partial charge is 0.223 e. The Hall–Kier alpha value is -2.31. The van der Waals surface area contributed by atoms with Gasteiger partial charge in [0, 0.05) is 43.4 Å². The molecule has 2 saturated heterocycles. The highest BCUT2D eigenvalue weighted by Crippen LogP contribution is 2.30. The van der Waals surface area contributed by atoms with Gasteiger partial charge < -0.3 is 9.80 Å². The molecule has 25 heavy (non-hydrogen) atoms. The lowest BCUT2D eigenvalue weighted by Crippen LogP contribution is -2.46. The van der Waals surface area contributed by atoms with E-state index in [9.17, 15) is 13.6 Å². The number of aromatic nitrogens is 2. The number of anilines is 1. The van der Waals surface area contributed by atoms with E-state index in [4.69, 9.17) is 0 Å². The normalized spacial score (nSPS) is 22.2. The Morgan fingerprint density at radius 2 is 2.00 bits per heavy atom. The summed E-state index contributed by atoms with van der Waals surface area (Å²) in [5.41, 5.74) is 0.717. The highest BCUT2D eigenvalue weighted by molar-refractivity contribution is 5.89. The molecular formula is C18H20F2N4O. The van der Waals surface area contributed by atoms with Crippen molar-refractivity contribution in [2.24, 2.45) is 5.92 Å². The molecule has 5 nitrogen and oxygen atoms in total. The van der Waals surface area contributed by atoms with Gasteiger partial charge in [0.2, 0.25) is 5.91 Å². The maximum atomic E-state index is 13.6. The molecule has 1 unspecified atom stereocenters. The number of hydrogen-bond donors (Lipinski definition) is 0. The zero-order valence-corrected chi connectivity index (χ0v) is 13.9. The highest BCUT2D eigenvalue weighted by atomic mass is 19.1. The van der Waals surface area contributed by atoms with E-state index >= 15 is 0 Å². The molecule has 0 aliphatic carbocycles.